The molecule has 0 aliphatic heterocycles. The van der Waals surface area contributed by atoms with Crippen LogP contribution in [-0.2, 0) is 0 Å². The Hall–Kier alpha value is -1.38. The molecule has 19 heavy (non-hydrogen) atoms. The van der Waals surface area contributed by atoms with Gasteiger partial charge in [0, 0.05) is 0 Å². The van der Waals surface area contributed by atoms with Crippen molar-refractivity contribution < 1.29 is 14.2 Å². The summed E-state index contributed by atoms with van der Waals surface area (Å²) in [6, 6.07) is 4.21. The third-order valence-corrected chi connectivity index (χ3v) is 4.23. The zero-order valence-electron chi connectivity index (χ0n) is 12.4. The third-order valence-electron chi connectivity index (χ3n) is 4.23. The van der Waals surface area contributed by atoms with Crippen LogP contribution in [-0.4, -0.2) is 21.3 Å². The van der Waals surface area contributed by atoms with Crippen LogP contribution in [0.15, 0.2) is 12.1 Å². The smallest absolute Gasteiger partial charge is 0.203 e. The minimum Gasteiger partial charge on any atom is -0.493 e. The maximum atomic E-state index is 5.44. The Bertz CT molecular complexity index is 403. The van der Waals surface area contributed by atoms with Crippen LogP contribution in [0.1, 0.15) is 44.1 Å². The maximum Gasteiger partial charge on any atom is 0.203 e. The van der Waals surface area contributed by atoms with Gasteiger partial charge in [0.15, 0.2) is 11.5 Å². The Labute approximate surface area is 115 Å². The molecule has 0 saturated heterocycles. The first kappa shape index (κ1) is 14.0. The molecule has 0 unspecified atom stereocenters. The van der Waals surface area contributed by atoms with Gasteiger partial charge in [0.25, 0.3) is 0 Å². The van der Waals surface area contributed by atoms with E-state index in [0.717, 1.165) is 17.4 Å². The Morgan fingerprint density at radius 3 is 1.95 bits per heavy atom. The van der Waals surface area contributed by atoms with E-state index in [1.807, 2.05) is 0 Å². The third kappa shape index (κ3) is 2.80. The van der Waals surface area contributed by atoms with Gasteiger partial charge in [0.2, 0.25) is 5.75 Å². The summed E-state index contributed by atoms with van der Waals surface area (Å²) in [7, 11) is 4.99. The van der Waals surface area contributed by atoms with Gasteiger partial charge in [0.1, 0.15) is 0 Å². The van der Waals surface area contributed by atoms with Gasteiger partial charge in [-0.25, -0.2) is 0 Å². The van der Waals surface area contributed by atoms with Crippen LogP contribution in [0.3, 0.4) is 0 Å². The lowest BCUT2D eigenvalue weighted by Crippen LogP contribution is -2.15. The molecule has 0 radical (unpaired) electrons. The molecular weight excluding hydrogens is 240 g/mol. The minimum atomic E-state index is 0.599. The topological polar surface area (TPSA) is 27.7 Å². The van der Waals surface area contributed by atoms with Gasteiger partial charge in [-0.2, -0.15) is 0 Å². The molecule has 0 amide bonds. The van der Waals surface area contributed by atoms with Crippen molar-refractivity contribution in [2.45, 2.75) is 38.5 Å². The molecule has 3 nitrogen and oxygen atoms in total. The van der Waals surface area contributed by atoms with Crippen molar-refractivity contribution in [3.8, 4) is 17.2 Å². The first-order valence-corrected chi connectivity index (χ1v) is 7.01. The lowest BCUT2D eigenvalue weighted by molar-refractivity contribution is 0.313. The summed E-state index contributed by atoms with van der Waals surface area (Å²) >= 11 is 0. The molecule has 0 heterocycles. The summed E-state index contributed by atoms with van der Waals surface area (Å²) in [6.45, 7) is 2.34. The highest BCUT2D eigenvalue weighted by atomic mass is 16.5. The number of ether oxygens (including phenoxy) is 3. The van der Waals surface area contributed by atoms with Crippen molar-refractivity contribution in [3.63, 3.8) is 0 Å². The lowest BCUT2D eigenvalue weighted by atomic mass is 9.76. The second-order valence-electron chi connectivity index (χ2n) is 5.33. The van der Waals surface area contributed by atoms with Crippen LogP contribution >= 0.6 is 0 Å². The van der Waals surface area contributed by atoms with E-state index in [1.165, 1.54) is 31.2 Å². The summed E-state index contributed by atoms with van der Waals surface area (Å²) in [5.74, 6) is 3.51. The minimum absolute atomic E-state index is 0.599. The van der Waals surface area contributed by atoms with Crippen LogP contribution in [0.5, 0.6) is 17.2 Å². The Kier molecular flexibility index (Phi) is 4.56. The summed E-state index contributed by atoms with van der Waals surface area (Å²) in [5, 5.41) is 0. The van der Waals surface area contributed by atoms with Gasteiger partial charge < -0.3 is 14.2 Å². The van der Waals surface area contributed by atoms with E-state index in [1.54, 1.807) is 21.3 Å². The van der Waals surface area contributed by atoms with Gasteiger partial charge in [0.05, 0.1) is 21.3 Å². The molecule has 2 rings (SSSR count). The van der Waals surface area contributed by atoms with Crippen molar-refractivity contribution in [3.05, 3.63) is 17.7 Å². The highest BCUT2D eigenvalue weighted by molar-refractivity contribution is 5.54. The second-order valence-corrected chi connectivity index (χ2v) is 5.33. The average Bonchev–Trinajstić information content (AvgIpc) is 2.46. The molecule has 2 atom stereocenters. The molecule has 1 aliphatic rings. The quantitative estimate of drug-likeness (QED) is 0.822. The fourth-order valence-electron chi connectivity index (χ4n) is 3.13. The number of methoxy groups -OCH3 is 3. The predicted molar refractivity (Wildman–Crippen MR) is 76.5 cm³/mol. The second kappa shape index (κ2) is 6.18. The summed E-state index contributed by atoms with van der Waals surface area (Å²) in [6.07, 6.45) is 5.22. The van der Waals surface area contributed by atoms with Gasteiger partial charge >= 0.3 is 0 Å². The van der Waals surface area contributed by atoms with E-state index >= 15 is 0 Å². The normalized spacial score (nSPS) is 22.9. The van der Waals surface area contributed by atoms with E-state index in [4.69, 9.17) is 14.2 Å². The maximum absolute atomic E-state index is 5.44. The highest BCUT2D eigenvalue weighted by Crippen LogP contribution is 2.44. The lowest BCUT2D eigenvalue weighted by Gasteiger charge is -2.30. The number of hydrogen-bond acceptors (Lipinski definition) is 3. The van der Waals surface area contributed by atoms with Crippen molar-refractivity contribution in [1.29, 1.82) is 0 Å². The van der Waals surface area contributed by atoms with Crippen LogP contribution in [0, 0.1) is 5.92 Å². The molecule has 1 aromatic carbocycles. The predicted octanol–water partition coefficient (Wildman–Crippen LogP) is 4.01. The van der Waals surface area contributed by atoms with E-state index in [0.29, 0.717) is 11.7 Å². The first-order valence-electron chi connectivity index (χ1n) is 7.01. The fourth-order valence-corrected chi connectivity index (χ4v) is 3.13. The first-order chi connectivity index (χ1) is 9.21. The highest BCUT2D eigenvalue weighted by Gasteiger charge is 2.25. The van der Waals surface area contributed by atoms with Gasteiger partial charge in [-0.15, -0.1) is 0 Å². The standard InChI is InChI=1S/C16H24O3/c1-11-7-5-6-8-13(11)12-9-14(17-2)16(19-4)15(10-12)18-3/h9-11,13H,5-8H2,1-4H3/t11-,13-/m0/s1. The number of rotatable bonds is 4. The summed E-state index contributed by atoms with van der Waals surface area (Å²) < 4.78 is 16.3. The Morgan fingerprint density at radius 2 is 1.47 bits per heavy atom. The van der Waals surface area contributed by atoms with E-state index in [-0.39, 0.29) is 0 Å². The van der Waals surface area contributed by atoms with E-state index in [2.05, 4.69) is 19.1 Å². The van der Waals surface area contributed by atoms with Crippen LogP contribution < -0.4 is 14.2 Å². The van der Waals surface area contributed by atoms with Crippen molar-refractivity contribution in [2.24, 2.45) is 5.92 Å². The SMILES string of the molecule is COc1cc([C@H]2CCCC[C@@H]2C)cc(OC)c1OC. The number of hydrogen-bond donors (Lipinski definition) is 0. The van der Waals surface area contributed by atoms with Gasteiger partial charge in [-0.05, 0) is 36.0 Å². The molecule has 0 N–H and O–H groups in total. The van der Waals surface area contributed by atoms with E-state index in [9.17, 15) is 0 Å². The largest absolute Gasteiger partial charge is 0.493 e. The molecule has 1 fully saturated rings. The molecular formula is C16H24O3. The molecule has 0 spiro atoms. The van der Waals surface area contributed by atoms with Crippen LogP contribution in [0.25, 0.3) is 0 Å². The molecule has 1 aliphatic carbocycles. The molecule has 1 saturated carbocycles. The van der Waals surface area contributed by atoms with E-state index < -0.39 is 0 Å². The number of benzene rings is 1. The summed E-state index contributed by atoms with van der Waals surface area (Å²) in [5.41, 5.74) is 1.31. The molecule has 3 heteroatoms. The van der Waals surface area contributed by atoms with Crippen molar-refractivity contribution >= 4 is 0 Å². The molecule has 1 aromatic rings. The summed E-state index contributed by atoms with van der Waals surface area (Å²) in [4.78, 5) is 0. The van der Waals surface area contributed by atoms with Crippen molar-refractivity contribution in [2.75, 3.05) is 21.3 Å². The Balaban J connectivity index is 2.40. The monoisotopic (exact) mass is 264 g/mol. The molecule has 0 bridgehead atoms. The van der Waals surface area contributed by atoms with Gasteiger partial charge in [-0.3, -0.25) is 0 Å². The average molecular weight is 264 g/mol. The zero-order chi connectivity index (χ0) is 13.8. The zero-order valence-corrected chi connectivity index (χ0v) is 12.4. The van der Waals surface area contributed by atoms with Crippen molar-refractivity contribution in [1.82, 2.24) is 0 Å². The Morgan fingerprint density at radius 1 is 0.895 bits per heavy atom. The molecule has 0 aromatic heterocycles. The fraction of sp³-hybridized carbons (Fsp3) is 0.625. The molecule has 106 valence electrons. The van der Waals surface area contributed by atoms with Gasteiger partial charge in [-0.1, -0.05) is 26.2 Å². The van der Waals surface area contributed by atoms with Crippen LogP contribution in [0.4, 0.5) is 0 Å². The van der Waals surface area contributed by atoms with Crippen LogP contribution in [0.2, 0.25) is 0 Å².